The van der Waals surface area contributed by atoms with Crippen LogP contribution in [0, 0.1) is 0 Å². The number of halogens is 1. The smallest absolute Gasteiger partial charge is 0.414 e. The quantitative estimate of drug-likeness (QED) is 0.736. The number of benzene rings is 1. The molecule has 0 aliphatic carbocycles. The Hall–Kier alpha value is -2.03. The summed E-state index contributed by atoms with van der Waals surface area (Å²) < 4.78 is 11.4. The van der Waals surface area contributed by atoms with Crippen LogP contribution < -0.4 is 9.47 Å². The highest BCUT2D eigenvalue weighted by Gasteiger charge is 2.18. The summed E-state index contributed by atoms with van der Waals surface area (Å²) in [6.45, 7) is 6.73. The van der Waals surface area contributed by atoms with E-state index < -0.39 is 11.9 Å². The molecule has 1 aromatic rings. The predicted octanol–water partition coefficient (Wildman–Crippen LogP) is 1.40. The predicted molar refractivity (Wildman–Crippen MR) is 95.1 cm³/mol. The van der Waals surface area contributed by atoms with E-state index in [-0.39, 0.29) is 0 Å². The van der Waals surface area contributed by atoms with Crippen molar-refractivity contribution in [1.29, 1.82) is 0 Å². The van der Waals surface area contributed by atoms with Gasteiger partial charge < -0.3 is 24.6 Å². The topological polar surface area (TPSA) is 99.5 Å². The number of ether oxygens (including phenoxy) is 2. The van der Waals surface area contributed by atoms with E-state index in [0.717, 1.165) is 44.9 Å². The van der Waals surface area contributed by atoms with Crippen LogP contribution in [0.1, 0.15) is 12.0 Å². The molecule has 144 valence electrons. The molecule has 0 spiro atoms. The van der Waals surface area contributed by atoms with Crippen LogP contribution in [0.3, 0.4) is 0 Å². The Kier molecular flexibility index (Phi) is 7.50. The first kappa shape index (κ1) is 20.3. The lowest BCUT2D eigenvalue weighted by molar-refractivity contribution is -0.159. The fraction of sp³-hybridized carbons (Fsp3) is 0.529. The monoisotopic (exact) mass is 386 g/mol. The van der Waals surface area contributed by atoms with Crippen molar-refractivity contribution in [3.05, 3.63) is 22.7 Å². The summed E-state index contributed by atoms with van der Waals surface area (Å²) in [5, 5.41) is 15.4. The molecule has 0 amide bonds. The third-order valence-corrected chi connectivity index (χ3v) is 4.33. The normalized spacial score (nSPS) is 17.6. The molecule has 0 radical (unpaired) electrons. The van der Waals surface area contributed by atoms with E-state index in [1.54, 1.807) is 0 Å². The lowest BCUT2D eigenvalue weighted by Gasteiger charge is -2.32. The Labute approximate surface area is 156 Å². The van der Waals surface area contributed by atoms with Crippen molar-refractivity contribution in [1.82, 2.24) is 9.80 Å². The number of likely N-dealkylation sites (N-methyl/N-ethyl adjacent to an activating group) is 1. The van der Waals surface area contributed by atoms with Crippen molar-refractivity contribution in [3.63, 3.8) is 0 Å². The third kappa shape index (κ3) is 6.05. The molecule has 2 N–H and O–H groups in total. The second-order valence-electron chi connectivity index (χ2n) is 6.15. The van der Waals surface area contributed by atoms with Gasteiger partial charge in [-0.2, -0.15) is 0 Å². The molecule has 1 aromatic carbocycles. The number of aliphatic carboxylic acids is 2. The van der Waals surface area contributed by atoms with Crippen molar-refractivity contribution < 1.29 is 29.3 Å². The zero-order chi connectivity index (χ0) is 19.1. The van der Waals surface area contributed by atoms with E-state index >= 15 is 0 Å². The molecule has 0 atom stereocenters. The van der Waals surface area contributed by atoms with E-state index in [2.05, 4.69) is 22.9 Å². The minimum absolute atomic E-state index is 0.661. The van der Waals surface area contributed by atoms with Gasteiger partial charge in [0.2, 0.25) is 0 Å². The maximum Gasteiger partial charge on any atom is 0.414 e. The first-order valence-electron chi connectivity index (χ1n) is 8.32. The maximum absolute atomic E-state index is 9.10. The summed E-state index contributed by atoms with van der Waals surface area (Å²) in [5.74, 6) is -2.16. The van der Waals surface area contributed by atoms with E-state index in [9.17, 15) is 0 Å². The maximum atomic E-state index is 9.10. The molecule has 0 saturated carbocycles. The number of piperazine rings is 1. The SMILES string of the molecule is CN1CCN(Cc2cc(Cl)c3c(c2)OCCCO3)CC1.O=C(O)C(=O)O. The number of rotatable bonds is 2. The first-order valence-corrected chi connectivity index (χ1v) is 8.69. The van der Waals surface area contributed by atoms with Gasteiger partial charge in [-0.15, -0.1) is 0 Å². The van der Waals surface area contributed by atoms with E-state index in [4.69, 9.17) is 40.9 Å². The highest BCUT2D eigenvalue weighted by atomic mass is 35.5. The van der Waals surface area contributed by atoms with Crippen molar-refractivity contribution in [2.75, 3.05) is 46.4 Å². The number of hydrogen-bond acceptors (Lipinski definition) is 6. The Balaban J connectivity index is 0.000000352. The highest BCUT2D eigenvalue weighted by Crippen LogP contribution is 2.38. The molecular formula is C17H23ClN2O6. The van der Waals surface area contributed by atoms with Gasteiger partial charge in [0.05, 0.1) is 18.2 Å². The zero-order valence-corrected chi connectivity index (χ0v) is 15.4. The second-order valence-corrected chi connectivity index (χ2v) is 6.55. The molecule has 0 bridgehead atoms. The minimum Gasteiger partial charge on any atom is -0.489 e. The van der Waals surface area contributed by atoms with Gasteiger partial charge in [0.1, 0.15) is 0 Å². The molecule has 2 aliphatic heterocycles. The average Bonchev–Trinajstić information content (AvgIpc) is 2.83. The number of fused-ring (bicyclic) bond motifs is 1. The van der Waals surface area contributed by atoms with Gasteiger partial charge in [-0.3, -0.25) is 4.90 Å². The van der Waals surface area contributed by atoms with Crippen molar-refractivity contribution in [3.8, 4) is 11.5 Å². The number of nitrogens with zero attached hydrogens (tertiary/aromatic N) is 2. The molecule has 9 heteroatoms. The summed E-state index contributed by atoms with van der Waals surface area (Å²) in [4.78, 5) is 23.0. The van der Waals surface area contributed by atoms with Crippen molar-refractivity contribution in [2.24, 2.45) is 0 Å². The molecule has 0 unspecified atom stereocenters. The molecule has 3 rings (SSSR count). The van der Waals surface area contributed by atoms with E-state index in [1.165, 1.54) is 5.56 Å². The first-order chi connectivity index (χ1) is 12.4. The number of carboxylic acids is 2. The van der Waals surface area contributed by atoms with Crippen molar-refractivity contribution >= 4 is 23.5 Å². The Morgan fingerprint density at radius 1 is 1.08 bits per heavy atom. The van der Waals surface area contributed by atoms with E-state index in [0.29, 0.717) is 24.0 Å². The number of carboxylic acid groups (broad SMARTS) is 2. The standard InChI is InChI=1S/C15H21ClN2O2.C2H2O4/c1-17-3-5-18(6-4-17)11-12-9-13(16)15-14(10-12)19-7-2-8-20-15;3-1(4)2(5)6/h9-10H,2-8,11H2,1H3;(H,3,4)(H,5,6). The van der Waals surface area contributed by atoms with Gasteiger partial charge >= 0.3 is 11.9 Å². The summed E-state index contributed by atoms with van der Waals surface area (Å²) in [7, 11) is 2.17. The zero-order valence-electron chi connectivity index (χ0n) is 14.6. The lowest BCUT2D eigenvalue weighted by atomic mass is 10.1. The molecule has 1 fully saturated rings. The van der Waals surface area contributed by atoms with Crippen LogP contribution in [-0.4, -0.2) is 78.4 Å². The van der Waals surface area contributed by atoms with Crippen LogP contribution in [0.5, 0.6) is 11.5 Å². The molecular weight excluding hydrogens is 364 g/mol. The second kappa shape index (κ2) is 9.61. The Morgan fingerprint density at radius 2 is 1.69 bits per heavy atom. The summed E-state index contributed by atoms with van der Waals surface area (Å²) >= 11 is 6.33. The van der Waals surface area contributed by atoms with Crippen LogP contribution in [-0.2, 0) is 16.1 Å². The van der Waals surface area contributed by atoms with Gasteiger partial charge in [0.25, 0.3) is 0 Å². The van der Waals surface area contributed by atoms with Gasteiger partial charge in [-0.25, -0.2) is 9.59 Å². The van der Waals surface area contributed by atoms with Gasteiger partial charge in [-0.05, 0) is 24.7 Å². The van der Waals surface area contributed by atoms with Gasteiger partial charge in [0, 0.05) is 39.1 Å². The molecule has 0 aromatic heterocycles. The average molecular weight is 387 g/mol. The molecule has 2 aliphatic rings. The van der Waals surface area contributed by atoms with Crippen LogP contribution in [0.2, 0.25) is 5.02 Å². The summed E-state index contributed by atoms with van der Waals surface area (Å²) in [6, 6.07) is 4.08. The summed E-state index contributed by atoms with van der Waals surface area (Å²) in [5.41, 5.74) is 1.20. The molecule has 2 heterocycles. The fourth-order valence-electron chi connectivity index (χ4n) is 2.64. The van der Waals surface area contributed by atoms with Crippen LogP contribution in [0.25, 0.3) is 0 Å². The summed E-state index contributed by atoms with van der Waals surface area (Å²) in [6.07, 6.45) is 0.902. The molecule has 8 nitrogen and oxygen atoms in total. The Bertz CT molecular complexity index is 634. The van der Waals surface area contributed by atoms with E-state index in [1.807, 2.05) is 6.07 Å². The van der Waals surface area contributed by atoms with Gasteiger partial charge in [-0.1, -0.05) is 11.6 Å². The fourth-order valence-corrected chi connectivity index (χ4v) is 2.93. The molecule has 26 heavy (non-hydrogen) atoms. The van der Waals surface area contributed by atoms with Crippen molar-refractivity contribution in [2.45, 2.75) is 13.0 Å². The van der Waals surface area contributed by atoms with Gasteiger partial charge in [0.15, 0.2) is 11.5 Å². The third-order valence-electron chi connectivity index (χ3n) is 4.05. The number of hydrogen-bond donors (Lipinski definition) is 2. The highest BCUT2D eigenvalue weighted by molar-refractivity contribution is 6.32. The number of carbonyl (C=O) groups is 2. The Morgan fingerprint density at radius 3 is 2.31 bits per heavy atom. The largest absolute Gasteiger partial charge is 0.489 e. The lowest BCUT2D eigenvalue weighted by Crippen LogP contribution is -2.43. The van der Waals surface area contributed by atoms with Crippen LogP contribution in [0.15, 0.2) is 12.1 Å². The molecule has 1 saturated heterocycles. The van der Waals surface area contributed by atoms with Crippen LogP contribution in [0.4, 0.5) is 0 Å². The minimum atomic E-state index is -1.82. The van der Waals surface area contributed by atoms with Crippen LogP contribution >= 0.6 is 11.6 Å².